The topological polar surface area (TPSA) is 22.1 Å². The lowest BCUT2D eigenvalue weighted by atomic mass is 10.0. The average molecular weight is 307 g/mol. The molecule has 0 unspecified atom stereocenters. The molecule has 0 bridgehead atoms. The van der Waals surface area contributed by atoms with Crippen LogP contribution in [-0.4, -0.2) is 11.6 Å². The van der Waals surface area contributed by atoms with Crippen molar-refractivity contribution in [1.29, 1.82) is 0 Å². The fraction of sp³-hybridized carbons (Fsp3) is 0.150. The monoisotopic (exact) mass is 307 g/mol. The molecule has 2 aromatic carbocycles. The Labute approximate surface area is 135 Å². The molecule has 0 aliphatic heterocycles. The number of pyridine rings is 1. The molecular weight excluding hydrogens is 289 g/mol. The molecule has 0 amide bonds. The first-order valence-corrected chi connectivity index (χ1v) is 7.71. The highest BCUT2D eigenvalue weighted by Gasteiger charge is 2.02. The van der Waals surface area contributed by atoms with Crippen LogP contribution in [-0.2, 0) is 0 Å². The summed E-state index contributed by atoms with van der Waals surface area (Å²) in [5.41, 5.74) is 4.19. The van der Waals surface area contributed by atoms with Gasteiger partial charge in [-0.15, -0.1) is 0 Å². The highest BCUT2D eigenvalue weighted by atomic mass is 19.1. The normalized spacial score (nSPS) is 10.5. The van der Waals surface area contributed by atoms with Crippen molar-refractivity contribution in [3.05, 3.63) is 72.8 Å². The Balaban J connectivity index is 1.77. The second kappa shape index (κ2) is 7.05. The minimum Gasteiger partial charge on any atom is -0.494 e. The maximum absolute atomic E-state index is 12.9. The number of nitrogens with zero attached hydrogens (tertiary/aromatic N) is 1. The second-order valence-corrected chi connectivity index (χ2v) is 5.32. The number of hydrogen-bond acceptors (Lipinski definition) is 2. The lowest BCUT2D eigenvalue weighted by molar-refractivity contribution is 0.317. The molecule has 0 fully saturated rings. The summed E-state index contributed by atoms with van der Waals surface area (Å²) in [5, 5.41) is 0. The van der Waals surface area contributed by atoms with Crippen LogP contribution in [0.25, 0.3) is 22.3 Å². The van der Waals surface area contributed by atoms with E-state index in [-0.39, 0.29) is 0 Å². The number of hydrogen-bond donors (Lipinski definition) is 0. The van der Waals surface area contributed by atoms with Crippen molar-refractivity contribution < 1.29 is 9.13 Å². The Bertz CT molecular complexity index is 749. The molecule has 3 rings (SSSR count). The highest BCUT2D eigenvalue weighted by molar-refractivity contribution is 5.70. The van der Waals surface area contributed by atoms with Crippen LogP contribution in [0.5, 0.6) is 5.75 Å². The summed E-state index contributed by atoms with van der Waals surface area (Å²) in [4.78, 5) is 3.69. The number of aromatic nitrogens is 1. The van der Waals surface area contributed by atoms with Gasteiger partial charge in [-0.1, -0.05) is 43.3 Å². The van der Waals surface area contributed by atoms with Crippen LogP contribution in [0.4, 0.5) is 4.39 Å². The Morgan fingerprint density at radius 1 is 0.783 bits per heavy atom. The van der Waals surface area contributed by atoms with Crippen molar-refractivity contribution in [3.8, 4) is 28.0 Å². The second-order valence-electron chi connectivity index (χ2n) is 5.32. The summed E-state index contributed by atoms with van der Waals surface area (Å²) in [6.07, 6.45) is 2.55. The van der Waals surface area contributed by atoms with Gasteiger partial charge in [0.1, 0.15) is 5.75 Å². The molecule has 23 heavy (non-hydrogen) atoms. The van der Waals surface area contributed by atoms with Crippen LogP contribution in [0.15, 0.2) is 66.9 Å². The summed E-state index contributed by atoms with van der Waals surface area (Å²) >= 11 is 0. The zero-order chi connectivity index (χ0) is 16.1. The number of halogens is 1. The molecule has 0 saturated heterocycles. The summed E-state index contributed by atoms with van der Waals surface area (Å²) in [6, 6.07) is 19.3. The van der Waals surface area contributed by atoms with Gasteiger partial charge in [0.2, 0.25) is 5.95 Å². The van der Waals surface area contributed by atoms with Gasteiger partial charge in [0, 0.05) is 11.8 Å². The quantitative estimate of drug-likeness (QED) is 0.593. The molecule has 0 spiro atoms. The van der Waals surface area contributed by atoms with E-state index in [0.717, 1.165) is 41.0 Å². The first kappa shape index (κ1) is 15.2. The zero-order valence-electron chi connectivity index (χ0n) is 13.0. The lowest BCUT2D eigenvalue weighted by Gasteiger charge is -2.07. The summed E-state index contributed by atoms with van der Waals surface area (Å²) in [6.45, 7) is 2.83. The molecule has 116 valence electrons. The zero-order valence-corrected chi connectivity index (χ0v) is 13.0. The largest absolute Gasteiger partial charge is 0.494 e. The molecule has 0 radical (unpaired) electrons. The molecule has 0 atom stereocenters. The molecule has 0 aliphatic carbocycles. The molecule has 0 N–H and O–H groups in total. The van der Waals surface area contributed by atoms with Crippen LogP contribution < -0.4 is 4.74 Å². The summed E-state index contributed by atoms with van der Waals surface area (Å²) in [7, 11) is 0. The summed E-state index contributed by atoms with van der Waals surface area (Å²) in [5.74, 6) is 0.431. The van der Waals surface area contributed by atoms with Gasteiger partial charge < -0.3 is 4.74 Å². The smallest absolute Gasteiger partial charge is 0.212 e. The first-order valence-electron chi connectivity index (χ1n) is 7.71. The predicted molar refractivity (Wildman–Crippen MR) is 90.9 cm³/mol. The average Bonchev–Trinajstić information content (AvgIpc) is 2.61. The fourth-order valence-electron chi connectivity index (χ4n) is 2.37. The highest BCUT2D eigenvalue weighted by Crippen LogP contribution is 2.26. The van der Waals surface area contributed by atoms with E-state index in [0.29, 0.717) is 0 Å². The molecule has 3 heteroatoms. The van der Waals surface area contributed by atoms with E-state index in [2.05, 4.69) is 36.2 Å². The Hall–Kier alpha value is -2.68. The first-order chi connectivity index (χ1) is 11.3. The molecule has 3 aromatic rings. The van der Waals surface area contributed by atoms with Crippen LogP contribution in [0.2, 0.25) is 0 Å². The van der Waals surface area contributed by atoms with E-state index in [4.69, 9.17) is 4.74 Å². The minimum atomic E-state index is -0.462. The van der Waals surface area contributed by atoms with Crippen LogP contribution in [0, 0.1) is 5.95 Å². The van der Waals surface area contributed by atoms with Gasteiger partial charge in [-0.05, 0) is 47.4 Å². The van der Waals surface area contributed by atoms with Gasteiger partial charge in [-0.2, -0.15) is 4.39 Å². The third-order valence-electron chi connectivity index (χ3n) is 3.61. The predicted octanol–water partition coefficient (Wildman–Crippen LogP) is 5.34. The maximum Gasteiger partial charge on any atom is 0.212 e. The van der Waals surface area contributed by atoms with Gasteiger partial charge in [-0.3, -0.25) is 0 Å². The van der Waals surface area contributed by atoms with Crippen molar-refractivity contribution in [2.24, 2.45) is 0 Å². The van der Waals surface area contributed by atoms with E-state index in [1.807, 2.05) is 24.3 Å². The fourth-order valence-corrected chi connectivity index (χ4v) is 2.37. The van der Waals surface area contributed by atoms with Crippen molar-refractivity contribution in [2.75, 3.05) is 6.61 Å². The SMILES string of the molecule is CCCOc1ccc(-c2ccc(-c3ccc(F)nc3)cc2)cc1. The third kappa shape index (κ3) is 3.75. The van der Waals surface area contributed by atoms with Crippen molar-refractivity contribution in [2.45, 2.75) is 13.3 Å². The Kier molecular flexibility index (Phi) is 4.67. The van der Waals surface area contributed by atoms with Crippen molar-refractivity contribution in [3.63, 3.8) is 0 Å². The molecule has 0 saturated carbocycles. The van der Waals surface area contributed by atoms with Crippen LogP contribution >= 0.6 is 0 Å². The number of ether oxygens (including phenoxy) is 1. The van der Waals surface area contributed by atoms with E-state index in [1.165, 1.54) is 6.07 Å². The number of benzene rings is 2. The molecule has 1 aromatic heterocycles. The van der Waals surface area contributed by atoms with Gasteiger partial charge >= 0.3 is 0 Å². The standard InChI is InChI=1S/C20H18FNO/c1-2-13-23-19-10-7-16(8-11-19)15-3-5-17(6-4-15)18-9-12-20(21)22-14-18/h3-12,14H,2,13H2,1H3. The Morgan fingerprint density at radius 2 is 1.30 bits per heavy atom. The number of rotatable bonds is 5. The Morgan fingerprint density at radius 3 is 1.83 bits per heavy atom. The van der Waals surface area contributed by atoms with E-state index >= 15 is 0 Å². The van der Waals surface area contributed by atoms with Crippen molar-refractivity contribution in [1.82, 2.24) is 4.98 Å². The van der Waals surface area contributed by atoms with Gasteiger partial charge in [-0.25, -0.2) is 4.98 Å². The van der Waals surface area contributed by atoms with E-state index in [9.17, 15) is 4.39 Å². The molecule has 1 heterocycles. The third-order valence-corrected chi connectivity index (χ3v) is 3.61. The molecular formula is C20H18FNO. The van der Waals surface area contributed by atoms with Crippen molar-refractivity contribution >= 4 is 0 Å². The van der Waals surface area contributed by atoms with Gasteiger partial charge in [0.25, 0.3) is 0 Å². The van der Waals surface area contributed by atoms with E-state index in [1.54, 1.807) is 12.3 Å². The van der Waals surface area contributed by atoms with Crippen LogP contribution in [0.3, 0.4) is 0 Å². The van der Waals surface area contributed by atoms with Gasteiger partial charge in [0.05, 0.1) is 6.61 Å². The lowest BCUT2D eigenvalue weighted by Crippen LogP contribution is -1.94. The maximum atomic E-state index is 12.9. The van der Waals surface area contributed by atoms with E-state index < -0.39 is 5.95 Å². The van der Waals surface area contributed by atoms with Gasteiger partial charge in [0.15, 0.2) is 0 Å². The molecule has 0 aliphatic rings. The minimum absolute atomic E-state index is 0.462. The molecule has 2 nitrogen and oxygen atoms in total. The summed E-state index contributed by atoms with van der Waals surface area (Å²) < 4.78 is 18.5. The van der Waals surface area contributed by atoms with Crippen LogP contribution in [0.1, 0.15) is 13.3 Å².